The van der Waals surface area contributed by atoms with Crippen LogP contribution in [0.5, 0.6) is 0 Å². The lowest BCUT2D eigenvalue weighted by atomic mass is 9.98. The Balaban J connectivity index is 1.45. The summed E-state index contributed by atoms with van der Waals surface area (Å²) in [6, 6.07) is 16.2. The van der Waals surface area contributed by atoms with E-state index in [2.05, 4.69) is 22.3 Å². The molecule has 1 aliphatic rings. The molecular formula is C22H24N2O6. The zero-order valence-corrected chi connectivity index (χ0v) is 16.6. The Morgan fingerprint density at radius 3 is 2.23 bits per heavy atom. The van der Waals surface area contributed by atoms with Crippen molar-refractivity contribution in [1.82, 2.24) is 10.8 Å². The third-order valence-corrected chi connectivity index (χ3v) is 4.85. The first-order valence-corrected chi connectivity index (χ1v) is 9.67. The van der Waals surface area contributed by atoms with Gasteiger partial charge in [-0.05, 0) is 28.2 Å². The molecule has 3 rings (SSSR count). The Morgan fingerprint density at radius 2 is 1.63 bits per heavy atom. The number of rotatable bonds is 9. The Labute approximate surface area is 174 Å². The van der Waals surface area contributed by atoms with Crippen molar-refractivity contribution in [3.8, 4) is 11.1 Å². The molecule has 30 heavy (non-hydrogen) atoms. The van der Waals surface area contributed by atoms with Gasteiger partial charge in [0.25, 0.3) is 0 Å². The first kappa shape index (κ1) is 21.3. The van der Waals surface area contributed by atoms with Crippen molar-refractivity contribution in [2.45, 2.75) is 19.3 Å². The predicted octanol–water partition coefficient (Wildman–Crippen LogP) is 2.68. The van der Waals surface area contributed by atoms with Gasteiger partial charge in [-0.3, -0.25) is 9.63 Å². The van der Waals surface area contributed by atoms with Gasteiger partial charge in [0.05, 0.1) is 0 Å². The number of nitrogens with one attached hydrogen (secondary N) is 2. The van der Waals surface area contributed by atoms with Crippen molar-refractivity contribution in [1.29, 1.82) is 0 Å². The van der Waals surface area contributed by atoms with E-state index >= 15 is 0 Å². The number of hydrogen-bond acceptors (Lipinski definition) is 5. The van der Waals surface area contributed by atoms with Crippen molar-refractivity contribution >= 4 is 18.0 Å². The second-order valence-electron chi connectivity index (χ2n) is 7.22. The van der Waals surface area contributed by atoms with Crippen LogP contribution < -0.4 is 10.8 Å². The number of alkyl carbamates (subject to hydrolysis) is 1. The number of carboxylic acids is 1. The third kappa shape index (κ3) is 5.36. The fourth-order valence-electron chi connectivity index (χ4n) is 3.52. The monoisotopic (exact) mass is 412 g/mol. The van der Waals surface area contributed by atoms with Crippen LogP contribution in [0.25, 0.3) is 11.1 Å². The molecule has 0 aliphatic heterocycles. The lowest BCUT2D eigenvalue weighted by Crippen LogP contribution is -2.33. The molecule has 3 N–H and O–H groups in total. The molecule has 2 amide bonds. The highest BCUT2D eigenvalue weighted by molar-refractivity contribution is 5.79. The fourth-order valence-corrected chi connectivity index (χ4v) is 3.52. The van der Waals surface area contributed by atoms with Crippen molar-refractivity contribution in [3.05, 3.63) is 59.7 Å². The molecular weight excluding hydrogens is 388 g/mol. The van der Waals surface area contributed by atoms with Gasteiger partial charge in [-0.1, -0.05) is 55.5 Å². The highest BCUT2D eigenvalue weighted by Gasteiger charge is 2.29. The van der Waals surface area contributed by atoms with Crippen LogP contribution in [0, 0.1) is 5.92 Å². The molecule has 158 valence electrons. The number of carbonyl (C=O) groups is 3. The molecule has 0 fully saturated rings. The van der Waals surface area contributed by atoms with Gasteiger partial charge < -0.3 is 15.2 Å². The summed E-state index contributed by atoms with van der Waals surface area (Å²) >= 11 is 0. The van der Waals surface area contributed by atoms with Gasteiger partial charge in [-0.15, -0.1) is 0 Å². The maximum absolute atomic E-state index is 12.1. The van der Waals surface area contributed by atoms with Crippen molar-refractivity contribution < 1.29 is 29.1 Å². The summed E-state index contributed by atoms with van der Waals surface area (Å²) in [5.41, 5.74) is 6.64. The van der Waals surface area contributed by atoms with E-state index < -0.39 is 24.6 Å². The molecule has 0 radical (unpaired) electrons. The van der Waals surface area contributed by atoms with E-state index in [1.807, 2.05) is 41.9 Å². The summed E-state index contributed by atoms with van der Waals surface area (Å²) in [6.07, 6.45) is -0.477. The molecule has 0 bridgehead atoms. The van der Waals surface area contributed by atoms with Gasteiger partial charge in [0.15, 0.2) is 6.61 Å². The van der Waals surface area contributed by atoms with Crippen molar-refractivity contribution in [2.24, 2.45) is 5.92 Å². The van der Waals surface area contributed by atoms with Gasteiger partial charge >= 0.3 is 12.1 Å². The van der Waals surface area contributed by atoms with E-state index in [4.69, 9.17) is 9.84 Å². The second-order valence-corrected chi connectivity index (χ2v) is 7.22. The van der Waals surface area contributed by atoms with E-state index in [1.165, 1.54) is 0 Å². The van der Waals surface area contributed by atoms with Gasteiger partial charge in [0.1, 0.15) is 6.61 Å². The molecule has 0 saturated heterocycles. The molecule has 0 spiro atoms. The quantitative estimate of drug-likeness (QED) is 0.546. The van der Waals surface area contributed by atoms with E-state index in [0.29, 0.717) is 0 Å². The highest BCUT2D eigenvalue weighted by Crippen LogP contribution is 2.44. The molecule has 1 aliphatic carbocycles. The molecule has 2 aromatic rings. The SMILES string of the molecule is CC(CNC(=O)OCC1c2ccccc2-c2ccccc21)CC(=O)NOCC(=O)O. The Morgan fingerprint density at radius 1 is 1.03 bits per heavy atom. The van der Waals surface area contributed by atoms with Crippen LogP contribution in [0.15, 0.2) is 48.5 Å². The third-order valence-electron chi connectivity index (χ3n) is 4.85. The largest absolute Gasteiger partial charge is 0.479 e. The minimum Gasteiger partial charge on any atom is -0.479 e. The predicted molar refractivity (Wildman–Crippen MR) is 109 cm³/mol. The summed E-state index contributed by atoms with van der Waals surface area (Å²) in [5, 5.41) is 11.1. The number of fused-ring (bicyclic) bond motifs is 3. The molecule has 2 aromatic carbocycles. The van der Waals surface area contributed by atoms with Crippen LogP contribution >= 0.6 is 0 Å². The molecule has 8 nitrogen and oxygen atoms in total. The standard InChI is InChI=1S/C22H24N2O6/c1-14(10-20(25)24-30-13-21(26)27)11-23-22(28)29-12-19-17-8-4-2-6-15(17)16-7-3-5-9-18(16)19/h2-9,14,19H,10-13H2,1H3,(H,23,28)(H,24,25)(H,26,27). The number of carboxylic acid groups (broad SMARTS) is 1. The molecule has 0 saturated carbocycles. The number of amides is 2. The number of hydroxylamine groups is 1. The van der Waals surface area contributed by atoms with Crippen molar-refractivity contribution in [2.75, 3.05) is 19.8 Å². The molecule has 8 heteroatoms. The zero-order valence-electron chi connectivity index (χ0n) is 16.6. The van der Waals surface area contributed by atoms with Gasteiger partial charge in [-0.25, -0.2) is 15.1 Å². The van der Waals surface area contributed by atoms with Gasteiger partial charge in [-0.2, -0.15) is 0 Å². The van der Waals surface area contributed by atoms with Crippen LogP contribution in [0.4, 0.5) is 4.79 Å². The summed E-state index contributed by atoms with van der Waals surface area (Å²) in [5.74, 6) is -1.84. The van der Waals surface area contributed by atoms with E-state index in [9.17, 15) is 14.4 Å². The van der Waals surface area contributed by atoms with Crippen LogP contribution in [0.3, 0.4) is 0 Å². The number of hydrogen-bond donors (Lipinski definition) is 3. The average molecular weight is 412 g/mol. The van der Waals surface area contributed by atoms with Crippen LogP contribution in [0.2, 0.25) is 0 Å². The topological polar surface area (TPSA) is 114 Å². The molecule has 0 heterocycles. The lowest BCUT2D eigenvalue weighted by Gasteiger charge is -2.16. The van der Waals surface area contributed by atoms with Crippen molar-refractivity contribution in [3.63, 3.8) is 0 Å². The zero-order chi connectivity index (χ0) is 21.5. The molecule has 1 unspecified atom stereocenters. The van der Waals surface area contributed by atoms with Gasteiger partial charge in [0.2, 0.25) is 5.91 Å². The lowest BCUT2D eigenvalue weighted by molar-refractivity contribution is -0.149. The summed E-state index contributed by atoms with van der Waals surface area (Å²) in [6.45, 7) is 1.62. The summed E-state index contributed by atoms with van der Waals surface area (Å²) in [4.78, 5) is 38.6. The minimum absolute atomic E-state index is 0.0160. The smallest absolute Gasteiger partial charge is 0.407 e. The fraction of sp³-hybridized carbons (Fsp3) is 0.318. The molecule has 1 atom stereocenters. The highest BCUT2D eigenvalue weighted by atomic mass is 16.7. The number of benzene rings is 2. The number of ether oxygens (including phenoxy) is 1. The maximum Gasteiger partial charge on any atom is 0.407 e. The molecule has 0 aromatic heterocycles. The first-order valence-electron chi connectivity index (χ1n) is 9.67. The van der Waals surface area contributed by atoms with Gasteiger partial charge in [0, 0.05) is 18.9 Å². The van der Waals surface area contributed by atoms with Crippen LogP contribution in [-0.4, -0.2) is 42.8 Å². The number of aliphatic carboxylic acids is 1. The van der Waals surface area contributed by atoms with E-state index in [0.717, 1.165) is 22.3 Å². The summed E-state index contributed by atoms with van der Waals surface area (Å²) < 4.78 is 5.45. The minimum atomic E-state index is -1.18. The first-order chi connectivity index (χ1) is 14.5. The Hall–Kier alpha value is -3.39. The average Bonchev–Trinajstić information content (AvgIpc) is 3.04. The Bertz CT molecular complexity index is 884. The normalized spacial score (nSPS) is 13.1. The van der Waals surface area contributed by atoms with Crippen LogP contribution in [0.1, 0.15) is 30.4 Å². The maximum atomic E-state index is 12.1. The van der Waals surface area contributed by atoms with E-state index in [-0.39, 0.29) is 31.4 Å². The van der Waals surface area contributed by atoms with Crippen LogP contribution in [-0.2, 0) is 19.2 Å². The summed E-state index contributed by atoms with van der Waals surface area (Å²) in [7, 11) is 0. The second kappa shape index (κ2) is 9.89. The number of carbonyl (C=O) groups excluding carboxylic acids is 2. The Kier molecular flexibility index (Phi) is 7.03. The van der Waals surface area contributed by atoms with E-state index in [1.54, 1.807) is 6.92 Å².